The number of hydrogen-bond donors (Lipinski definition) is 2. The molecule has 0 saturated heterocycles. The zero-order valence-corrected chi connectivity index (χ0v) is 17.0. The van der Waals surface area contributed by atoms with Crippen molar-refractivity contribution in [2.75, 3.05) is 10.6 Å². The van der Waals surface area contributed by atoms with Gasteiger partial charge in [-0.25, -0.2) is 4.98 Å². The highest BCUT2D eigenvalue weighted by Gasteiger charge is 2.28. The number of ether oxygens (including phenoxy) is 1. The molecule has 1 aromatic carbocycles. The van der Waals surface area contributed by atoms with Crippen LogP contribution in [0.3, 0.4) is 0 Å². The van der Waals surface area contributed by atoms with Crippen molar-refractivity contribution in [1.82, 2.24) is 19.7 Å². The first-order valence-corrected chi connectivity index (χ1v) is 9.74. The lowest BCUT2D eigenvalue weighted by molar-refractivity contribution is 0.102. The van der Waals surface area contributed by atoms with Gasteiger partial charge in [-0.3, -0.25) is 9.48 Å². The van der Waals surface area contributed by atoms with E-state index in [-0.39, 0.29) is 30.0 Å². The molecule has 9 nitrogen and oxygen atoms in total. The zero-order chi connectivity index (χ0) is 21.1. The van der Waals surface area contributed by atoms with E-state index in [4.69, 9.17) is 33.2 Å². The number of nitrogens with zero attached hydrogens (tertiary/aromatic N) is 5. The Bertz CT molecular complexity index is 1120. The lowest BCUT2D eigenvalue weighted by Crippen LogP contribution is -2.16. The summed E-state index contributed by atoms with van der Waals surface area (Å²) in [6.45, 7) is 0.127. The summed E-state index contributed by atoms with van der Waals surface area (Å²) in [5, 5.41) is 19.1. The van der Waals surface area contributed by atoms with E-state index < -0.39 is 5.91 Å². The summed E-state index contributed by atoms with van der Waals surface area (Å²) in [6.07, 6.45) is 6.36. The molecular weight excluding hydrogens is 429 g/mol. The monoisotopic (exact) mass is 443 g/mol. The van der Waals surface area contributed by atoms with Crippen molar-refractivity contribution in [2.24, 2.45) is 0 Å². The minimum atomic E-state index is -0.492. The predicted octanol–water partition coefficient (Wildman–Crippen LogP) is 4.04. The van der Waals surface area contributed by atoms with Gasteiger partial charge in [0.15, 0.2) is 0 Å². The number of halogens is 2. The fourth-order valence-corrected chi connectivity index (χ4v) is 3.02. The zero-order valence-electron chi connectivity index (χ0n) is 15.5. The largest absolute Gasteiger partial charge is 0.474 e. The second-order valence-electron chi connectivity index (χ2n) is 6.49. The van der Waals surface area contributed by atoms with E-state index in [1.165, 1.54) is 10.9 Å². The fraction of sp³-hybridized carbons (Fsp3) is 0.211. The van der Waals surface area contributed by atoms with Gasteiger partial charge >= 0.3 is 0 Å². The SMILES string of the molecule is N#CCn1cc(Nc2ncc(C(=O)Nc3c(Cl)cccc3Cl)c(OC3CC3)n2)cn1. The van der Waals surface area contributed by atoms with Gasteiger partial charge in [-0.2, -0.15) is 15.3 Å². The highest BCUT2D eigenvalue weighted by molar-refractivity contribution is 6.40. The molecule has 1 aliphatic carbocycles. The van der Waals surface area contributed by atoms with Crippen molar-refractivity contribution in [3.8, 4) is 11.9 Å². The van der Waals surface area contributed by atoms with Crippen LogP contribution in [-0.4, -0.2) is 31.8 Å². The summed E-state index contributed by atoms with van der Waals surface area (Å²) in [6, 6.07) is 6.94. The van der Waals surface area contributed by atoms with Crippen LogP contribution < -0.4 is 15.4 Å². The Kier molecular flexibility index (Phi) is 5.70. The number of para-hydroxylation sites is 1. The van der Waals surface area contributed by atoms with E-state index in [9.17, 15) is 4.79 Å². The Labute approximate surface area is 181 Å². The number of anilines is 3. The van der Waals surface area contributed by atoms with Gasteiger partial charge in [-0.1, -0.05) is 29.3 Å². The maximum Gasteiger partial charge on any atom is 0.262 e. The molecule has 1 aliphatic rings. The minimum absolute atomic E-state index is 0.0154. The summed E-state index contributed by atoms with van der Waals surface area (Å²) in [7, 11) is 0. The van der Waals surface area contributed by atoms with E-state index in [0.29, 0.717) is 21.4 Å². The Morgan fingerprint density at radius 2 is 2.07 bits per heavy atom. The molecule has 1 fully saturated rings. The van der Waals surface area contributed by atoms with Crippen LogP contribution >= 0.6 is 23.2 Å². The fourth-order valence-electron chi connectivity index (χ4n) is 2.53. The van der Waals surface area contributed by atoms with Gasteiger partial charge in [0.1, 0.15) is 18.2 Å². The van der Waals surface area contributed by atoms with Gasteiger partial charge < -0.3 is 15.4 Å². The van der Waals surface area contributed by atoms with Crippen molar-refractivity contribution in [3.05, 3.63) is 52.4 Å². The lowest BCUT2D eigenvalue weighted by Gasteiger charge is -2.13. The molecule has 0 atom stereocenters. The average Bonchev–Trinajstić information content (AvgIpc) is 3.43. The Morgan fingerprint density at radius 3 is 2.77 bits per heavy atom. The van der Waals surface area contributed by atoms with Crippen molar-refractivity contribution in [2.45, 2.75) is 25.5 Å². The molecule has 0 spiro atoms. The minimum Gasteiger partial charge on any atom is -0.474 e. The molecule has 2 N–H and O–H groups in total. The lowest BCUT2D eigenvalue weighted by atomic mass is 10.2. The van der Waals surface area contributed by atoms with Crippen LogP contribution in [0.25, 0.3) is 0 Å². The number of carbonyl (C=O) groups is 1. The van der Waals surface area contributed by atoms with Crippen LogP contribution in [0.5, 0.6) is 5.88 Å². The summed E-state index contributed by atoms with van der Waals surface area (Å²) in [5.74, 6) is -0.108. The number of nitriles is 1. The molecule has 11 heteroatoms. The number of aromatic nitrogens is 4. The summed E-state index contributed by atoms with van der Waals surface area (Å²) in [5.41, 5.74) is 1.06. The number of rotatable bonds is 7. The van der Waals surface area contributed by atoms with Crippen LogP contribution in [0.1, 0.15) is 23.2 Å². The Morgan fingerprint density at radius 1 is 1.30 bits per heavy atom. The number of benzene rings is 1. The summed E-state index contributed by atoms with van der Waals surface area (Å²) in [4.78, 5) is 21.4. The summed E-state index contributed by atoms with van der Waals surface area (Å²) >= 11 is 12.3. The number of hydrogen-bond acceptors (Lipinski definition) is 7. The van der Waals surface area contributed by atoms with Gasteiger partial charge in [0.25, 0.3) is 5.91 Å². The van der Waals surface area contributed by atoms with E-state index in [2.05, 4.69) is 25.7 Å². The molecule has 4 rings (SSSR count). The van der Waals surface area contributed by atoms with E-state index in [1.54, 1.807) is 30.6 Å². The third kappa shape index (κ3) is 4.62. The normalized spacial score (nSPS) is 12.8. The van der Waals surface area contributed by atoms with Crippen molar-refractivity contribution in [1.29, 1.82) is 5.26 Å². The maximum atomic E-state index is 12.8. The second-order valence-corrected chi connectivity index (χ2v) is 7.30. The quantitative estimate of drug-likeness (QED) is 0.565. The highest BCUT2D eigenvalue weighted by atomic mass is 35.5. The number of carbonyl (C=O) groups excluding carboxylic acids is 1. The van der Waals surface area contributed by atoms with E-state index in [0.717, 1.165) is 12.8 Å². The van der Waals surface area contributed by atoms with Gasteiger partial charge in [0, 0.05) is 12.4 Å². The first kappa shape index (κ1) is 19.9. The molecule has 0 unspecified atom stereocenters. The smallest absolute Gasteiger partial charge is 0.262 e. The molecule has 1 saturated carbocycles. The first-order valence-electron chi connectivity index (χ1n) is 8.99. The van der Waals surface area contributed by atoms with Crippen LogP contribution in [0.4, 0.5) is 17.3 Å². The van der Waals surface area contributed by atoms with Crippen molar-refractivity contribution >= 4 is 46.4 Å². The highest BCUT2D eigenvalue weighted by Crippen LogP contribution is 2.32. The van der Waals surface area contributed by atoms with Gasteiger partial charge in [0.05, 0.1) is 33.7 Å². The van der Waals surface area contributed by atoms with Gasteiger partial charge in [-0.05, 0) is 25.0 Å². The maximum absolute atomic E-state index is 12.8. The molecule has 2 heterocycles. The molecule has 0 aliphatic heterocycles. The Hall–Kier alpha value is -3.35. The second kappa shape index (κ2) is 8.57. The topological polar surface area (TPSA) is 118 Å². The van der Waals surface area contributed by atoms with Gasteiger partial charge in [0.2, 0.25) is 11.8 Å². The molecule has 3 aromatic rings. The van der Waals surface area contributed by atoms with Crippen LogP contribution in [0, 0.1) is 11.3 Å². The number of nitrogens with one attached hydrogen (secondary N) is 2. The average molecular weight is 444 g/mol. The molecular formula is C19H15Cl2N7O2. The summed E-state index contributed by atoms with van der Waals surface area (Å²) < 4.78 is 7.29. The van der Waals surface area contributed by atoms with E-state index >= 15 is 0 Å². The number of amides is 1. The standard InChI is InChI=1S/C19H15Cl2N7O2/c20-14-2-1-3-15(21)16(14)26-17(29)13-9-23-19(27-18(13)30-12-4-5-12)25-11-8-24-28(10-11)7-6-22/h1-3,8-10,12H,4-5,7H2,(H,26,29)(H,23,25,27). The third-order valence-corrected chi connectivity index (χ3v) is 4.75. The molecule has 2 aromatic heterocycles. The first-order chi connectivity index (χ1) is 14.5. The van der Waals surface area contributed by atoms with Crippen LogP contribution in [0.2, 0.25) is 10.0 Å². The molecule has 0 bridgehead atoms. The third-order valence-electron chi connectivity index (χ3n) is 4.12. The molecule has 1 amide bonds. The van der Waals surface area contributed by atoms with E-state index in [1.807, 2.05) is 6.07 Å². The molecule has 152 valence electrons. The molecule has 0 radical (unpaired) electrons. The van der Waals surface area contributed by atoms with Crippen LogP contribution in [-0.2, 0) is 6.54 Å². The van der Waals surface area contributed by atoms with Crippen LogP contribution in [0.15, 0.2) is 36.8 Å². The Balaban J connectivity index is 1.57. The van der Waals surface area contributed by atoms with Crippen molar-refractivity contribution < 1.29 is 9.53 Å². The van der Waals surface area contributed by atoms with Crippen molar-refractivity contribution in [3.63, 3.8) is 0 Å². The molecule has 30 heavy (non-hydrogen) atoms. The van der Waals surface area contributed by atoms with Gasteiger partial charge in [-0.15, -0.1) is 0 Å². The predicted molar refractivity (Wildman–Crippen MR) is 111 cm³/mol.